The third kappa shape index (κ3) is 4.86. The van der Waals surface area contributed by atoms with Gasteiger partial charge in [-0.25, -0.2) is 18.7 Å². The molecule has 11 heteroatoms. The number of rotatable bonds is 5. The third-order valence-corrected chi connectivity index (χ3v) is 5.14. The Hall–Kier alpha value is -3.76. The third-order valence-electron chi connectivity index (χ3n) is 5.14. The number of methoxy groups -OCH3 is 1. The number of aromatic nitrogens is 2. The number of amides is 1. The predicted molar refractivity (Wildman–Crippen MR) is 108 cm³/mol. The smallest absolute Gasteiger partial charge is 0.416 e. The molecule has 0 radical (unpaired) electrons. The van der Waals surface area contributed by atoms with E-state index in [1.54, 1.807) is 0 Å². The van der Waals surface area contributed by atoms with E-state index in [1.165, 1.54) is 19.4 Å². The summed E-state index contributed by atoms with van der Waals surface area (Å²) >= 11 is 0. The first-order valence-electron chi connectivity index (χ1n) is 9.79. The molecule has 33 heavy (non-hydrogen) atoms. The molecule has 6 nitrogen and oxygen atoms in total. The highest BCUT2D eigenvalue weighted by Crippen LogP contribution is 2.37. The van der Waals surface area contributed by atoms with Crippen molar-refractivity contribution in [2.45, 2.75) is 25.1 Å². The number of nitrogens with one attached hydrogen (secondary N) is 2. The van der Waals surface area contributed by atoms with E-state index in [-0.39, 0.29) is 23.1 Å². The van der Waals surface area contributed by atoms with Crippen molar-refractivity contribution in [1.29, 1.82) is 0 Å². The molecule has 4 rings (SSSR count). The molecule has 0 spiro atoms. The number of hydrogen-bond donors (Lipinski definition) is 2. The van der Waals surface area contributed by atoms with Crippen LogP contribution in [0.2, 0.25) is 0 Å². The highest BCUT2D eigenvalue weighted by Gasteiger charge is 2.33. The molecule has 1 aliphatic rings. The van der Waals surface area contributed by atoms with E-state index in [2.05, 4.69) is 20.6 Å². The van der Waals surface area contributed by atoms with E-state index in [1.807, 2.05) is 0 Å². The van der Waals surface area contributed by atoms with Crippen LogP contribution in [-0.2, 0) is 12.6 Å². The molecule has 0 bridgehead atoms. The van der Waals surface area contributed by atoms with Gasteiger partial charge in [0.25, 0.3) is 5.91 Å². The average molecular weight is 464 g/mol. The van der Waals surface area contributed by atoms with Crippen LogP contribution in [0.1, 0.15) is 39.6 Å². The fourth-order valence-corrected chi connectivity index (χ4v) is 3.68. The van der Waals surface area contributed by atoms with Crippen molar-refractivity contribution in [3.8, 4) is 5.88 Å². The summed E-state index contributed by atoms with van der Waals surface area (Å²) in [6.07, 6.45) is -2.43. The zero-order valence-corrected chi connectivity index (χ0v) is 17.1. The van der Waals surface area contributed by atoms with Crippen LogP contribution in [0.3, 0.4) is 0 Å². The van der Waals surface area contributed by atoms with E-state index in [9.17, 15) is 26.7 Å². The molecular formula is C22H17F5N4O2. The second kappa shape index (κ2) is 8.64. The molecule has 0 aliphatic heterocycles. The van der Waals surface area contributed by atoms with Gasteiger partial charge in [0.2, 0.25) is 5.88 Å². The lowest BCUT2D eigenvalue weighted by Crippen LogP contribution is -2.28. The highest BCUT2D eigenvalue weighted by molar-refractivity contribution is 5.95. The van der Waals surface area contributed by atoms with Crippen molar-refractivity contribution in [3.63, 3.8) is 0 Å². The molecular weight excluding hydrogens is 447 g/mol. The lowest BCUT2D eigenvalue weighted by molar-refractivity contribution is -0.137. The van der Waals surface area contributed by atoms with E-state index in [4.69, 9.17) is 4.74 Å². The summed E-state index contributed by atoms with van der Waals surface area (Å²) in [5, 5.41) is 5.41. The number of carbonyl (C=O) groups is 1. The molecule has 1 amide bonds. The minimum atomic E-state index is -4.45. The normalized spacial score (nSPS) is 15.2. The summed E-state index contributed by atoms with van der Waals surface area (Å²) in [6, 6.07) is 5.70. The van der Waals surface area contributed by atoms with Crippen molar-refractivity contribution in [2.75, 3.05) is 12.4 Å². The lowest BCUT2D eigenvalue weighted by atomic mass is 10.0. The number of nitrogens with zero attached hydrogens (tertiary/aromatic N) is 2. The standard InChI is InChI=1S/C22H17F5N4O2/c1-33-21-19(31-18(10-28-21)29-15-8-13(23)7-14(24)9-15)20(32)30-17-5-2-11-6-12(22(25,26)27)3-4-16(11)17/h3-4,6-10,17H,2,5H2,1H3,(H,29,31)(H,30,32). The van der Waals surface area contributed by atoms with Crippen molar-refractivity contribution in [2.24, 2.45) is 0 Å². The summed E-state index contributed by atoms with van der Waals surface area (Å²) in [5.41, 5.74) is 0.223. The number of carbonyl (C=O) groups excluding carboxylic acids is 1. The van der Waals surface area contributed by atoms with E-state index in [0.717, 1.165) is 24.3 Å². The summed E-state index contributed by atoms with van der Waals surface area (Å²) in [4.78, 5) is 21.0. The van der Waals surface area contributed by atoms with Gasteiger partial charge in [0.15, 0.2) is 5.69 Å². The maximum absolute atomic E-state index is 13.4. The van der Waals surface area contributed by atoms with Crippen LogP contribution < -0.4 is 15.4 Å². The van der Waals surface area contributed by atoms with E-state index >= 15 is 0 Å². The minimum Gasteiger partial charge on any atom is -0.479 e. The van der Waals surface area contributed by atoms with Gasteiger partial charge in [0.1, 0.15) is 17.5 Å². The summed E-state index contributed by atoms with van der Waals surface area (Å²) in [7, 11) is 1.29. The van der Waals surface area contributed by atoms with Gasteiger partial charge in [-0.1, -0.05) is 6.07 Å². The van der Waals surface area contributed by atoms with Crippen LogP contribution >= 0.6 is 0 Å². The molecule has 0 saturated heterocycles. The van der Waals surface area contributed by atoms with Gasteiger partial charge in [0.05, 0.1) is 24.9 Å². The van der Waals surface area contributed by atoms with Gasteiger partial charge >= 0.3 is 6.18 Å². The highest BCUT2D eigenvalue weighted by atomic mass is 19.4. The quantitative estimate of drug-likeness (QED) is 0.523. The van der Waals surface area contributed by atoms with Crippen LogP contribution in [0.4, 0.5) is 33.5 Å². The molecule has 172 valence electrons. The van der Waals surface area contributed by atoms with Crippen molar-refractivity contribution in [3.05, 3.63) is 76.6 Å². The number of halogens is 5. The second-order valence-corrected chi connectivity index (χ2v) is 7.37. The Kier molecular flexibility index (Phi) is 5.88. The Morgan fingerprint density at radius 1 is 1.12 bits per heavy atom. The van der Waals surface area contributed by atoms with Gasteiger partial charge in [-0.2, -0.15) is 13.2 Å². The van der Waals surface area contributed by atoms with Crippen LogP contribution in [-0.4, -0.2) is 23.0 Å². The van der Waals surface area contributed by atoms with Crippen molar-refractivity contribution >= 4 is 17.4 Å². The maximum Gasteiger partial charge on any atom is 0.416 e. The van der Waals surface area contributed by atoms with Gasteiger partial charge in [-0.15, -0.1) is 0 Å². The Bertz CT molecular complexity index is 1200. The number of fused-ring (bicyclic) bond motifs is 1. The first-order chi connectivity index (χ1) is 15.6. The molecule has 2 aromatic carbocycles. The Morgan fingerprint density at radius 3 is 2.52 bits per heavy atom. The van der Waals surface area contributed by atoms with E-state index < -0.39 is 35.3 Å². The number of hydrogen-bond acceptors (Lipinski definition) is 5. The monoisotopic (exact) mass is 464 g/mol. The molecule has 2 N–H and O–H groups in total. The van der Waals surface area contributed by atoms with Crippen molar-refractivity contribution < 1.29 is 31.5 Å². The summed E-state index contributed by atoms with van der Waals surface area (Å²) < 4.78 is 70.8. The van der Waals surface area contributed by atoms with Gasteiger partial charge in [-0.3, -0.25) is 4.79 Å². The van der Waals surface area contributed by atoms with Crippen LogP contribution in [0, 0.1) is 11.6 Å². The second-order valence-electron chi connectivity index (χ2n) is 7.37. The SMILES string of the molecule is COc1ncc(Nc2cc(F)cc(F)c2)nc1C(=O)NC1CCc2cc(C(F)(F)F)ccc21. The number of anilines is 2. The van der Waals surface area contributed by atoms with Crippen molar-refractivity contribution in [1.82, 2.24) is 15.3 Å². The fourth-order valence-electron chi connectivity index (χ4n) is 3.68. The molecule has 1 heterocycles. The molecule has 1 unspecified atom stereocenters. The largest absolute Gasteiger partial charge is 0.479 e. The van der Waals surface area contributed by atoms with E-state index in [0.29, 0.717) is 30.0 Å². The number of benzene rings is 2. The Balaban J connectivity index is 1.56. The van der Waals surface area contributed by atoms with Gasteiger partial charge in [-0.05, 0) is 48.2 Å². The molecule has 1 atom stereocenters. The Morgan fingerprint density at radius 2 is 1.85 bits per heavy atom. The molecule has 1 aromatic heterocycles. The topological polar surface area (TPSA) is 76.1 Å². The predicted octanol–water partition coefficient (Wildman–Crippen LogP) is 4.94. The van der Waals surface area contributed by atoms with Crippen LogP contribution in [0.5, 0.6) is 5.88 Å². The maximum atomic E-state index is 13.4. The zero-order chi connectivity index (χ0) is 23.8. The number of ether oxygens (including phenoxy) is 1. The molecule has 0 saturated carbocycles. The first kappa shape index (κ1) is 22.4. The van der Waals surface area contributed by atoms with Gasteiger partial charge in [0, 0.05) is 11.8 Å². The number of aryl methyl sites for hydroxylation is 1. The number of alkyl halides is 3. The molecule has 3 aromatic rings. The van der Waals surface area contributed by atoms with Crippen LogP contribution in [0.15, 0.2) is 42.6 Å². The Labute approximate surface area is 184 Å². The lowest BCUT2D eigenvalue weighted by Gasteiger charge is -2.16. The fraction of sp³-hybridized carbons (Fsp3) is 0.227. The molecule has 0 fully saturated rings. The average Bonchev–Trinajstić information content (AvgIpc) is 3.14. The summed E-state index contributed by atoms with van der Waals surface area (Å²) in [5.74, 6) is -2.32. The van der Waals surface area contributed by atoms with Gasteiger partial charge < -0.3 is 15.4 Å². The minimum absolute atomic E-state index is 0.0348. The van der Waals surface area contributed by atoms with Crippen LogP contribution in [0.25, 0.3) is 0 Å². The molecule has 1 aliphatic carbocycles. The zero-order valence-electron chi connectivity index (χ0n) is 17.1. The first-order valence-corrected chi connectivity index (χ1v) is 9.79. The summed E-state index contributed by atoms with van der Waals surface area (Å²) in [6.45, 7) is 0.